The molecule has 0 fully saturated rings. The molecule has 2 rings (SSSR count). The lowest BCUT2D eigenvalue weighted by Gasteiger charge is -2.15. The van der Waals surface area contributed by atoms with Crippen LogP contribution in [0.5, 0.6) is 0 Å². The van der Waals surface area contributed by atoms with Crippen molar-refractivity contribution in [3.05, 3.63) is 65.7 Å². The number of halogens is 3. The van der Waals surface area contributed by atoms with Crippen molar-refractivity contribution in [1.82, 2.24) is 4.72 Å². The maximum Gasteiger partial charge on any atom is 0.416 e. The molecule has 0 bridgehead atoms. The van der Waals surface area contributed by atoms with Gasteiger partial charge in [0.2, 0.25) is 10.0 Å². The molecule has 0 saturated carbocycles. The highest BCUT2D eigenvalue weighted by atomic mass is 32.2. The van der Waals surface area contributed by atoms with Gasteiger partial charge in [-0.25, -0.2) is 13.1 Å². The number of alkyl halides is 3. The quantitative estimate of drug-likeness (QED) is 0.929. The van der Waals surface area contributed by atoms with E-state index in [2.05, 4.69) is 4.72 Å². The average molecular weight is 329 g/mol. The van der Waals surface area contributed by atoms with Crippen LogP contribution in [0.2, 0.25) is 0 Å². The third-order valence-electron chi connectivity index (χ3n) is 3.10. The Labute approximate surface area is 126 Å². The Kier molecular flexibility index (Phi) is 4.58. The van der Waals surface area contributed by atoms with Gasteiger partial charge in [-0.2, -0.15) is 13.2 Å². The first-order chi connectivity index (χ1) is 10.2. The molecule has 0 amide bonds. The van der Waals surface area contributed by atoms with Crippen molar-refractivity contribution < 1.29 is 21.6 Å². The molecule has 0 aromatic heterocycles. The standard InChI is InChI=1S/C15H14F3NO2S/c1-11(12-6-3-2-4-7-12)19-22(20,21)14-9-5-8-13(10-14)15(16,17)18/h2-11,19H,1H3/t11-/m1/s1. The highest BCUT2D eigenvalue weighted by Gasteiger charge is 2.31. The van der Waals surface area contributed by atoms with E-state index in [9.17, 15) is 21.6 Å². The van der Waals surface area contributed by atoms with Crippen LogP contribution in [-0.2, 0) is 16.2 Å². The largest absolute Gasteiger partial charge is 0.416 e. The Bertz CT molecular complexity index is 743. The lowest BCUT2D eigenvalue weighted by Crippen LogP contribution is -2.27. The van der Waals surface area contributed by atoms with E-state index in [4.69, 9.17) is 0 Å². The molecular formula is C15H14F3NO2S. The van der Waals surface area contributed by atoms with Gasteiger partial charge in [0.15, 0.2) is 0 Å². The molecule has 22 heavy (non-hydrogen) atoms. The molecule has 0 heterocycles. The van der Waals surface area contributed by atoms with Crippen molar-refractivity contribution in [3.8, 4) is 0 Å². The molecular weight excluding hydrogens is 315 g/mol. The van der Waals surface area contributed by atoms with Crippen LogP contribution < -0.4 is 4.72 Å². The van der Waals surface area contributed by atoms with Gasteiger partial charge in [-0.3, -0.25) is 0 Å². The van der Waals surface area contributed by atoms with Gasteiger partial charge in [0.25, 0.3) is 0 Å². The number of nitrogens with one attached hydrogen (secondary N) is 1. The Morgan fingerprint density at radius 3 is 2.23 bits per heavy atom. The summed E-state index contributed by atoms with van der Waals surface area (Å²) in [4.78, 5) is -0.412. The SMILES string of the molecule is C[C@@H](NS(=O)(=O)c1cccc(C(F)(F)F)c1)c1ccccc1. The molecule has 0 aliphatic carbocycles. The molecule has 3 nitrogen and oxygen atoms in total. The summed E-state index contributed by atoms with van der Waals surface area (Å²) in [6.45, 7) is 1.63. The minimum absolute atomic E-state index is 0.412. The second kappa shape index (κ2) is 6.10. The number of benzene rings is 2. The zero-order valence-electron chi connectivity index (χ0n) is 11.6. The van der Waals surface area contributed by atoms with Crippen LogP contribution in [0.4, 0.5) is 13.2 Å². The minimum Gasteiger partial charge on any atom is -0.207 e. The Balaban J connectivity index is 2.28. The molecule has 2 aromatic carbocycles. The number of hydrogen-bond donors (Lipinski definition) is 1. The topological polar surface area (TPSA) is 46.2 Å². The highest BCUT2D eigenvalue weighted by Crippen LogP contribution is 2.30. The summed E-state index contributed by atoms with van der Waals surface area (Å²) in [7, 11) is -4.04. The van der Waals surface area contributed by atoms with Crippen molar-refractivity contribution in [1.29, 1.82) is 0 Å². The summed E-state index contributed by atoms with van der Waals surface area (Å²) >= 11 is 0. The highest BCUT2D eigenvalue weighted by molar-refractivity contribution is 7.89. The second-order valence-corrected chi connectivity index (χ2v) is 6.49. The summed E-state index contributed by atoms with van der Waals surface area (Å²) in [6, 6.07) is 11.9. The second-order valence-electron chi connectivity index (χ2n) is 4.78. The molecule has 1 atom stereocenters. The van der Waals surface area contributed by atoms with Crippen LogP contribution in [0.25, 0.3) is 0 Å². The van der Waals surface area contributed by atoms with Crippen LogP contribution >= 0.6 is 0 Å². The Morgan fingerprint density at radius 2 is 1.64 bits per heavy atom. The monoisotopic (exact) mass is 329 g/mol. The summed E-state index contributed by atoms with van der Waals surface area (Å²) in [5, 5.41) is 0. The molecule has 0 radical (unpaired) electrons. The fourth-order valence-corrected chi connectivity index (χ4v) is 3.23. The van der Waals surface area contributed by atoms with E-state index in [0.717, 1.165) is 23.8 Å². The van der Waals surface area contributed by atoms with Crippen LogP contribution in [0.1, 0.15) is 24.1 Å². The van der Waals surface area contributed by atoms with E-state index in [1.807, 2.05) is 0 Å². The Hall–Kier alpha value is -1.86. The van der Waals surface area contributed by atoms with Crippen molar-refractivity contribution in [2.75, 3.05) is 0 Å². The normalized spacial score (nSPS) is 13.8. The van der Waals surface area contributed by atoms with Crippen molar-refractivity contribution in [2.45, 2.75) is 24.0 Å². The van der Waals surface area contributed by atoms with Gasteiger partial charge in [-0.1, -0.05) is 36.4 Å². The fraction of sp³-hybridized carbons (Fsp3) is 0.200. The smallest absolute Gasteiger partial charge is 0.207 e. The fourth-order valence-electron chi connectivity index (χ4n) is 1.95. The zero-order chi connectivity index (χ0) is 16.4. The van der Waals surface area contributed by atoms with Gasteiger partial charge in [-0.15, -0.1) is 0 Å². The first kappa shape index (κ1) is 16.5. The summed E-state index contributed by atoms with van der Waals surface area (Å²) in [5.74, 6) is 0. The predicted octanol–water partition coefficient (Wildman–Crippen LogP) is 3.74. The van der Waals surface area contributed by atoms with Gasteiger partial charge < -0.3 is 0 Å². The third-order valence-corrected chi connectivity index (χ3v) is 4.64. The van der Waals surface area contributed by atoms with Gasteiger partial charge in [-0.05, 0) is 30.7 Å². The van der Waals surface area contributed by atoms with Gasteiger partial charge in [0.1, 0.15) is 0 Å². The van der Waals surface area contributed by atoms with E-state index in [0.29, 0.717) is 6.07 Å². The van der Waals surface area contributed by atoms with Crippen LogP contribution in [0.3, 0.4) is 0 Å². The third kappa shape index (κ3) is 3.86. The van der Waals surface area contributed by atoms with E-state index in [1.54, 1.807) is 37.3 Å². The van der Waals surface area contributed by atoms with Crippen LogP contribution in [0.15, 0.2) is 59.5 Å². The minimum atomic E-state index is -4.59. The maximum atomic E-state index is 12.7. The molecule has 0 saturated heterocycles. The van der Waals surface area contributed by atoms with Crippen molar-refractivity contribution in [3.63, 3.8) is 0 Å². The summed E-state index contributed by atoms with van der Waals surface area (Å²) < 4.78 is 64.8. The van der Waals surface area contributed by atoms with Crippen molar-refractivity contribution in [2.24, 2.45) is 0 Å². The molecule has 118 valence electrons. The molecule has 0 aliphatic heterocycles. The van der Waals surface area contributed by atoms with Crippen LogP contribution in [-0.4, -0.2) is 8.42 Å². The number of sulfonamides is 1. The zero-order valence-corrected chi connectivity index (χ0v) is 12.4. The molecule has 2 aromatic rings. The number of rotatable bonds is 4. The average Bonchev–Trinajstić information content (AvgIpc) is 2.47. The first-order valence-electron chi connectivity index (χ1n) is 6.45. The maximum absolute atomic E-state index is 12.7. The number of hydrogen-bond acceptors (Lipinski definition) is 2. The van der Waals surface area contributed by atoms with E-state index in [-0.39, 0.29) is 0 Å². The first-order valence-corrected chi connectivity index (χ1v) is 7.93. The van der Waals surface area contributed by atoms with E-state index < -0.39 is 32.7 Å². The molecule has 0 unspecified atom stereocenters. The lowest BCUT2D eigenvalue weighted by molar-refractivity contribution is -0.137. The van der Waals surface area contributed by atoms with Gasteiger partial charge in [0, 0.05) is 6.04 Å². The molecule has 0 spiro atoms. The molecule has 7 heteroatoms. The summed E-state index contributed by atoms with van der Waals surface area (Å²) in [5.41, 5.74) is -0.277. The van der Waals surface area contributed by atoms with E-state index >= 15 is 0 Å². The summed E-state index contributed by atoms with van der Waals surface area (Å²) in [6.07, 6.45) is -4.59. The van der Waals surface area contributed by atoms with Gasteiger partial charge in [0.05, 0.1) is 10.5 Å². The molecule has 1 N–H and O–H groups in total. The van der Waals surface area contributed by atoms with E-state index in [1.165, 1.54) is 0 Å². The Morgan fingerprint density at radius 1 is 1.00 bits per heavy atom. The lowest BCUT2D eigenvalue weighted by atomic mass is 10.1. The van der Waals surface area contributed by atoms with Crippen molar-refractivity contribution >= 4 is 10.0 Å². The predicted molar refractivity (Wildman–Crippen MR) is 76.6 cm³/mol. The van der Waals surface area contributed by atoms with Gasteiger partial charge >= 0.3 is 6.18 Å². The molecule has 0 aliphatic rings. The van der Waals surface area contributed by atoms with Crippen LogP contribution in [0, 0.1) is 0 Å².